The van der Waals surface area contributed by atoms with Crippen LogP contribution < -0.4 is 0 Å². The van der Waals surface area contributed by atoms with E-state index < -0.39 is 14.1 Å². The second kappa shape index (κ2) is 17.6. The zero-order valence-corrected chi connectivity index (χ0v) is 41.0. The highest BCUT2D eigenvalue weighted by Gasteiger charge is 2.69. The summed E-state index contributed by atoms with van der Waals surface area (Å²) in [4.78, 5) is 15.4. The molecule has 10 aliphatic heterocycles. The lowest BCUT2D eigenvalue weighted by atomic mass is 9.70. The maximum absolute atomic E-state index is 15.4. The predicted molar refractivity (Wildman–Crippen MR) is 246 cm³/mol. The highest BCUT2D eigenvalue weighted by molar-refractivity contribution is 6.74. The van der Waals surface area contributed by atoms with Crippen LogP contribution in [-0.4, -0.2) is 112 Å². The van der Waals surface area contributed by atoms with Gasteiger partial charge in [-0.25, -0.2) is 0 Å². The Hall–Kier alpha value is -1.77. The van der Waals surface area contributed by atoms with Crippen LogP contribution in [0.4, 0.5) is 0 Å². The van der Waals surface area contributed by atoms with Crippen molar-refractivity contribution in [1.82, 2.24) is 0 Å². The molecular formula is C53H78O10Si. The van der Waals surface area contributed by atoms with Crippen molar-refractivity contribution in [2.75, 3.05) is 6.61 Å². The number of ketones is 1. The molecule has 0 aliphatic carbocycles. The molecule has 0 aromatic heterocycles. The maximum atomic E-state index is 15.4. The molecule has 0 saturated carbocycles. The Morgan fingerprint density at radius 2 is 1.47 bits per heavy atom. The van der Waals surface area contributed by atoms with Gasteiger partial charge < -0.3 is 42.3 Å². The van der Waals surface area contributed by atoms with Crippen LogP contribution in [0.25, 0.3) is 0 Å². The van der Waals surface area contributed by atoms with Gasteiger partial charge in [0.25, 0.3) is 0 Å². The number of Topliss-reactive ketones (excluding diaryl/α,β-unsaturated/α-hetero) is 1. The van der Waals surface area contributed by atoms with Crippen molar-refractivity contribution in [3.05, 3.63) is 60.2 Å². The Bertz CT molecular complexity index is 1880. The lowest BCUT2D eigenvalue weighted by molar-refractivity contribution is -0.292. The van der Waals surface area contributed by atoms with Gasteiger partial charge >= 0.3 is 0 Å². The van der Waals surface area contributed by atoms with Crippen molar-refractivity contribution in [2.24, 2.45) is 23.7 Å². The van der Waals surface area contributed by atoms with Crippen LogP contribution in [0.15, 0.2) is 54.6 Å². The van der Waals surface area contributed by atoms with Crippen LogP contribution >= 0.6 is 0 Å². The smallest absolute Gasteiger partial charge is 0.191 e. The summed E-state index contributed by atoms with van der Waals surface area (Å²) >= 11 is 0. The van der Waals surface area contributed by atoms with Crippen molar-refractivity contribution in [2.45, 2.75) is 234 Å². The average Bonchev–Trinajstić information content (AvgIpc) is 3.92. The summed E-state index contributed by atoms with van der Waals surface area (Å²) in [6.45, 7) is 28.3. The molecule has 11 heteroatoms. The minimum absolute atomic E-state index is 0.00312. The summed E-state index contributed by atoms with van der Waals surface area (Å²) in [7, 11) is -1.93. The molecule has 1 spiro atoms. The van der Waals surface area contributed by atoms with E-state index in [2.05, 4.69) is 92.1 Å². The lowest BCUT2D eigenvalue weighted by Gasteiger charge is -2.47. The molecule has 0 N–H and O–H groups in total. The first-order valence-corrected chi connectivity index (χ1v) is 28.2. The first-order valence-electron chi connectivity index (χ1n) is 25.3. The predicted octanol–water partition coefficient (Wildman–Crippen LogP) is 9.79. The Balaban J connectivity index is 0.968. The molecule has 10 fully saturated rings. The molecule has 5 unspecified atom stereocenters. The second-order valence-corrected chi connectivity index (χ2v) is 28.2. The van der Waals surface area contributed by atoms with E-state index in [1.807, 2.05) is 6.07 Å². The molecule has 10 nitrogen and oxygen atoms in total. The minimum atomic E-state index is -1.93. The summed E-state index contributed by atoms with van der Waals surface area (Å²) in [5.74, 6) is -0.316. The van der Waals surface area contributed by atoms with Crippen molar-refractivity contribution < 1.29 is 47.1 Å². The number of hydrogen-bond donors (Lipinski definition) is 0. The molecule has 10 aliphatic rings. The first kappa shape index (κ1) is 46.0. The summed E-state index contributed by atoms with van der Waals surface area (Å²) in [5.41, 5.74) is 3.34. The van der Waals surface area contributed by atoms with Gasteiger partial charge in [-0.15, -0.1) is 0 Å². The van der Waals surface area contributed by atoms with E-state index in [1.165, 1.54) is 5.57 Å². The molecule has 64 heavy (non-hydrogen) atoms. The molecule has 10 heterocycles. The Morgan fingerprint density at radius 1 is 0.766 bits per heavy atom. The molecular weight excluding hydrogens is 825 g/mol. The number of ether oxygens (including phenoxy) is 8. The Labute approximate surface area is 384 Å². The SMILES string of the molecule is C=C1CC2CC[C@@]34C[C@H]5O[C@H]6[C@@H](O3)[C@H]3O[C@H](CC[C@@H]3O[C@H]6[C@H]5O4)CC(=O)C(c3ccccc3)C3C(C[C@H]4OC(CC[C@@H]1O2)C[C@@H](C)C4=C)O[C@H](C[C@H](C)CO[Si](C)(C)C(C)(C)C)[C@@H]3C. The third kappa shape index (κ3) is 8.66. The molecule has 10 saturated heterocycles. The summed E-state index contributed by atoms with van der Waals surface area (Å²) in [5, 5.41) is 0.137. The molecule has 354 valence electrons. The van der Waals surface area contributed by atoms with Crippen LogP contribution in [0, 0.1) is 23.7 Å². The molecule has 0 radical (unpaired) electrons. The van der Waals surface area contributed by atoms with Crippen molar-refractivity contribution in [1.29, 1.82) is 0 Å². The molecule has 11 rings (SSSR count). The van der Waals surface area contributed by atoms with Crippen LogP contribution in [0.5, 0.6) is 0 Å². The number of carbonyl (C=O) groups is 1. The molecule has 20 atom stereocenters. The van der Waals surface area contributed by atoms with Crippen molar-refractivity contribution >= 4 is 14.1 Å². The molecule has 1 aromatic carbocycles. The summed E-state index contributed by atoms with van der Waals surface area (Å²) in [6.07, 6.45) is 7.09. The molecule has 12 bridgehead atoms. The number of rotatable bonds is 6. The monoisotopic (exact) mass is 903 g/mol. The van der Waals surface area contributed by atoms with E-state index in [1.54, 1.807) is 0 Å². The van der Waals surface area contributed by atoms with E-state index in [-0.39, 0.29) is 114 Å². The number of benzene rings is 1. The molecule has 1 aromatic rings. The number of carbonyl (C=O) groups excluding carboxylic acids is 1. The minimum Gasteiger partial charge on any atom is -0.417 e. The van der Waals surface area contributed by atoms with Gasteiger partial charge in [0.05, 0.1) is 54.9 Å². The zero-order chi connectivity index (χ0) is 44.9. The second-order valence-electron chi connectivity index (χ2n) is 23.4. The fraction of sp³-hybridized carbons (Fsp3) is 0.792. The average molecular weight is 903 g/mol. The van der Waals surface area contributed by atoms with Crippen LogP contribution in [0.3, 0.4) is 0 Å². The lowest BCUT2D eigenvalue weighted by Crippen LogP contribution is -2.61. The van der Waals surface area contributed by atoms with Crippen LogP contribution in [0.1, 0.15) is 130 Å². The van der Waals surface area contributed by atoms with E-state index in [9.17, 15) is 0 Å². The van der Waals surface area contributed by atoms with Crippen molar-refractivity contribution in [3.63, 3.8) is 0 Å². The maximum Gasteiger partial charge on any atom is 0.191 e. The normalized spacial score (nSPS) is 46.5. The summed E-state index contributed by atoms with van der Waals surface area (Å²) in [6, 6.07) is 10.5. The van der Waals surface area contributed by atoms with Gasteiger partial charge in [0.15, 0.2) is 14.1 Å². The number of fused-ring (bicyclic) bond motifs is 6. The Kier molecular flexibility index (Phi) is 12.7. The third-order valence-corrected chi connectivity index (χ3v) is 22.4. The van der Waals surface area contributed by atoms with Crippen LogP contribution in [-0.2, 0) is 47.1 Å². The third-order valence-electron chi connectivity index (χ3n) is 17.9. The Morgan fingerprint density at radius 3 is 2.25 bits per heavy atom. The first-order chi connectivity index (χ1) is 30.5. The van der Waals surface area contributed by atoms with E-state index in [0.29, 0.717) is 44.1 Å². The van der Waals surface area contributed by atoms with Gasteiger partial charge in [-0.3, -0.25) is 4.79 Å². The summed E-state index contributed by atoms with van der Waals surface area (Å²) < 4.78 is 62.6. The van der Waals surface area contributed by atoms with Gasteiger partial charge in [-0.2, -0.15) is 0 Å². The topological polar surface area (TPSA) is 100 Å². The van der Waals surface area contributed by atoms with Gasteiger partial charge in [0.2, 0.25) is 0 Å². The zero-order valence-electron chi connectivity index (χ0n) is 40.0. The van der Waals surface area contributed by atoms with E-state index in [0.717, 1.165) is 62.5 Å². The van der Waals surface area contributed by atoms with Crippen LogP contribution in [0.2, 0.25) is 18.1 Å². The fourth-order valence-corrected chi connectivity index (χ4v) is 14.3. The van der Waals surface area contributed by atoms with Gasteiger partial charge in [-0.1, -0.05) is 85.0 Å². The number of hydrogen-bond acceptors (Lipinski definition) is 10. The standard InChI is InChI=1S/C53H78O10Si/c1-29(28-55-64(9,10)52(6,7)8)22-41-33(5)45-43(59-41)26-42-32(4)30(2)23-35(57-42)16-18-39-31(3)24-37(56-39)20-21-53-27-44-48(62-53)49-50(61-44)51(63-53)47-40(60-49)19-17-36(58-47)25-38(54)46(45)34-14-12-11-13-15-34/h11-15,29-30,33,35-37,39-51H,3-4,16-28H2,1-2,5-10H3/t29-,30+,33-,35?,36+,37?,39-,40-,41+,42+,43?,44+,45?,46?,47-,48-,49-,50+,51-,53-/m0/s1. The van der Waals surface area contributed by atoms with Gasteiger partial charge in [0, 0.05) is 44.1 Å². The fourth-order valence-electron chi connectivity index (χ4n) is 13.1. The van der Waals surface area contributed by atoms with E-state index >= 15 is 4.79 Å². The molecule has 0 amide bonds. The van der Waals surface area contributed by atoms with Gasteiger partial charge in [-0.05, 0) is 104 Å². The van der Waals surface area contributed by atoms with E-state index in [4.69, 9.17) is 42.3 Å². The highest BCUT2D eigenvalue weighted by Crippen LogP contribution is 2.55. The van der Waals surface area contributed by atoms with Gasteiger partial charge in [0.1, 0.15) is 36.3 Å². The quantitative estimate of drug-likeness (QED) is 0.203. The highest BCUT2D eigenvalue weighted by atomic mass is 28.4. The van der Waals surface area contributed by atoms with Crippen molar-refractivity contribution in [3.8, 4) is 0 Å². The largest absolute Gasteiger partial charge is 0.417 e.